The van der Waals surface area contributed by atoms with Gasteiger partial charge in [-0.25, -0.2) is 0 Å². The molecule has 0 radical (unpaired) electrons. The van der Waals surface area contributed by atoms with E-state index in [1.807, 2.05) is 62.4 Å². The van der Waals surface area contributed by atoms with Crippen LogP contribution in [0, 0.1) is 6.92 Å². The third-order valence-electron chi connectivity index (χ3n) is 3.71. The molecule has 2 aromatic carbocycles. The van der Waals surface area contributed by atoms with E-state index in [1.165, 1.54) is 28.7 Å². The molecule has 4 nitrogen and oxygen atoms in total. The smallest absolute Gasteiger partial charge is 0.239 e. The lowest BCUT2D eigenvalue weighted by Gasteiger charge is -2.13. The zero-order valence-electron chi connectivity index (χ0n) is 14.4. The van der Waals surface area contributed by atoms with Crippen molar-refractivity contribution >= 4 is 45.7 Å². The number of benzene rings is 2. The highest BCUT2D eigenvalue weighted by atomic mass is 35.5. The Balaban J connectivity index is 1.66. The Kier molecular flexibility index (Phi) is 6.29. The predicted molar refractivity (Wildman–Crippen MR) is 110 cm³/mol. The second-order valence-electron chi connectivity index (χ2n) is 5.74. The quantitative estimate of drug-likeness (QED) is 0.538. The molecule has 0 spiro atoms. The average Bonchev–Trinajstić information content (AvgIpc) is 3.10. The van der Waals surface area contributed by atoms with Crippen molar-refractivity contribution in [2.75, 3.05) is 5.32 Å². The molecule has 1 N–H and O–H groups in total. The molecular weight excluding hydrogens is 386 g/mol. The van der Waals surface area contributed by atoms with E-state index in [9.17, 15) is 4.79 Å². The molecule has 26 heavy (non-hydrogen) atoms. The molecule has 3 aromatic rings. The lowest BCUT2D eigenvalue weighted by atomic mass is 10.2. The average molecular weight is 404 g/mol. The van der Waals surface area contributed by atoms with Crippen LogP contribution in [0.5, 0.6) is 0 Å². The number of anilines is 1. The van der Waals surface area contributed by atoms with Crippen molar-refractivity contribution in [1.29, 1.82) is 0 Å². The molecule has 0 aliphatic heterocycles. The lowest BCUT2D eigenvalue weighted by Crippen LogP contribution is -2.24. The van der Waals surface area contributed by atoms with Gasteiger partial charge in [-0.05, 0) is 37.6 Å². The molecule has 0 aliphatic rings. The van der Waals surface area contributed by atoms with Gasteiger partial charge in [0.1, 0.15) is 5.01 Å². The number of aromatic nitrogens is 2. The van der Waals surface area contributed by atoms with Gasteiger partial charge in [-0.1, -0.05) is 59.7 Å². The van der Waals surface area contributed by atoms with E-state index >= 15 is 0 Å². The number of aryl methyl sites for hydroxylation is 1. The standard InChI is InChI=1S/C19H18ClN3OS2/c1-3-16(25-15-10-8-14(20)9-11-15)17(24)21-19-23-22-18(26-19)13-6-4-12(2)5-7-13/h4-11,16H,3H2,1-2H3,(H,21,23,24). The molecule has 1 amide bonds. The molecule has 7 heteroatoms. The maximum absolute atomic E-state index is 12.6. The number of rotatable bonds is 6. The van der Waals surface area contributed by atoms with Crippen molar-refractivity contribution in [2.24, 2.45) is 0 Å². The molecule has 0 fully saturated rings. The second kappa shape index (κ2) is 8.66. The topological polar surface area (TPSA) is 54.9 Å². The Labute approximate surface area is 166 Å². The van der Waals surface area contributed by atoms with E-state index in [0.29, 0.717) is 16.6 Å². The van der Waals surface area contributed by atoms with Crippen molar-refractivity contribution in [3.8, 4) is 10.6 Å². The summed E-state index contributed by atoms with van der Waals surface area (Å²) >= 11 is 8.80. The molecule has 0 bridgehead atoms. The van der Waals surface area contributed by atoms with Gasteiger partial charge in [0.15, 0.2) is 0 Å². The highest BCUT2D eigenvalue weighted by Crippen LogP contribution is 2.30. The number of hydrogen-bond acceptors (Lipinski definition) is 5. The number of hydrogen-bond donors (Lipinski definition) is 1. The third kappa shape index (κ3) is 4.84. The van der Waals surface area contributed by atoms with Gasteiger partial charge < -0.3 is 0 Å². The molecule has 134 valence electrons. The van der Waals surface area contributed by atoms with Crippen molar-refractivity contribution in [3.05, 3.63) is 59.1 Å². The largest absolute Gasteiger partial charge is 0.300 e. The highest BCUT2D eigenvalue weighted by Gasteiger charge is 2.20. The molecule has 1 atom stereocenters. The van der Waals surface area contributed by atoms with Crippen molar-refractivity contribution in [3.63, 3.8) is 0 Å². The fourth-order valence-electron chi connectivity index (χ4n) is 2.27. The van der Waals surface area contributed by atoms with E-state index in [-0.39, 0.29) is 11.2 Å². The molecule has 0 saturated heterocycles. The van der Waals surface area contributed by atoms with E-state index in [0.717, 1.165) is 15.5 Å². The van der Waals surface area contributed by atoms with Gasteiger partial charge in [0.25, 0.3) is 0 Å². The van der Waals surface area contributed by atoms with Crippen LogP contribution >= 0.6 is 34.7 Å². The van der Waals surface area contributed by atoms with Gasteiger partial charge >= 0.3 is 0 Å². The first-order valence-corrected chi connectivity index (χ1v) is 10.3. The third-order valence-corrected chi connectivity index (χ3v) is 6.22. The number of carbonyl (C=O) groups is 1. The monoisotopic (exact) mass is 403 g/mol. The number of nitrogens with zero attached hydrogens (tertiary/aromatic N) is 2. The first-order valence-electron chi connectivity index (χ1n) is 8.19. The summed E-state index contributed by atoms with van der Waals surface area (Å²) in [6.45, 7) is 4.03. The van der Waals surface area contributed by atoms with Crippen LogP contribution in [0.25, 0.3) is 10.6 Å². The fourth-order valence-corrected chi connectivity index (χ4v) is 4.10. The van der Waals surface area contributed by atoms with E-state index < -0.39 is 0 Å². The first-order chi connectivity index (χ1) is 12.5. The summed E-state index contributed by atoms with van der Waals surface area (Å²) in [5.74, 6) is -0.0703. The molecule has 1 aromatic heterocycles. The van der Waals surface area contributed by atoms with Crippen LogP contribution in [-0.2, 0) is 4.79 Å². The summed E-state index contributed by atoms with van der Waals surface area (Å²) in [7, 11) is 0. The number of thioether (sulfide) groups is 1. The summed E-state index contributed by atoms with van der Waals surface area (Å²) in [5.41, 5.74) is 2.19. The maximum atomic E-state index is 12.6. The number of nitrogens with one attached hydrogen (secondary N) is 1. The fraction of sp³-hybridized carbons (Fsp3) is 0.211. The normalized spacial score (nSPS) is 12.0. The lowest BCUT2D eigenvalue weighted by molar-refractivity contribution is -0.115. The van der Waals surface area contributed by atoms with Gasteiger partial charge in [-0.15, -0.1) is 22.0 Å². The van der Waals surface area contributed by atoms with Crippen LogP contribution in [0.1, 0.15) is 18.9 Å². The molecule has 1 heterocycles. The Hall–Kier alpha value is -1.89. The molecule has 3 rings (SSSR count). The Bertz CT molecular complexity index is 879. The molecule has 1 unspecified atom stereocenters. The maximum Gasteiger partial charge on any atom is 0.239 e. The summed E-state index contributed by atoms with van der Waals surface area (Å²) in [5, 5.41) is 12.9. The van der Waals surface area contributed by atoms with Crippen LogP contribution in [0.3, 0.4) is 0 Å². The van der Waals surface area contributed by atoms with Crippen LogP contribution in [0.15, 0.2) is 53.4 Å². The highest BCUT2D eigenvalue weighted by molar-refractivity contribution is 8.00. The number of carbonyl (C=O) groups excluding carboxylic acids is 1. The minimum atomic E-state index is -0.206. The van der Waals surface area contributed by atoms with Crippen LogP contribution in [-0.4, -0.2) is 21.4 Å². The van der Waals surface area contributed by atoms with Gasteiger partial charge in [-0.3, -0.25) is 10.1 Å². The number of halogens is 1. The van der Waals surface area contributed by atoms with Gasteiger partial charge in [0.05, 0.1) is 5.25 Å². The minimum absolute atomic E-state index is 0.0703. The molecular formula is C19H18ClN3OS2. The van der Waals surface area contributed by atoms with E-state index in [2.05, 4.69) is 15.5 Å². The van der Waals surface area contributed by atoms with E-state index in [1.54, 1.807) is 0 Å². The zero-order valence-corrected chi connectivity index (χ0v) is 16.8. The van der Waals surface area contributed by atoms with Crippen molar-refractivity contribution in [1.82, 2.24) is 10.2 Å². The zero-order chi connectivity index (χ0) is 18.5. The SMILES string of the molecule is CCC(Sc1ccc(Cl)cc1)C(=O)Nc1nnc(-c2ccc(C)cc2)s1. The summed E-state index contributed by atoms with van der Waals surface area (Å²) < 4.78 is 0. The van der Waals surface area contributed by atoms with Crippen molar-refractivity contribution in [2.45, 2.75) is 30.4 Å². The summed E-state index contributed by atoms with van der Waals surface area (Å²) in [6, 6.07) is 15.6. The Morgan fingerprint density at radius 1 is 1.15 bits per heavy atom. The number of amides is 1. The molecule has 0 saturated carbocycles. The Morgan fingerprint density at radius 3 is 2.50 bits per heavy atom. The van der Waals surface area contributed by atoms with Gasteiger partial charge in [0.2, 0.25) is 11.0 Å². The van der Waals surface area contributed by atoms with Gasteiger partial charge in [-0.2, -0.15) is 0 Å². The van der Waals surface area contributed by atoms with Crippen LogP contribution in [0.4, 0.5) is 5.13 Å². The van der Waals surface area contributed by atoms with Crippen LogP contribution in [0.2, 0.25) is 5.02 Å². The van der Waals surface area contributed by atoms with Crippen LogP contribution < -0.4 is 5.32 Å². The summed E-state index contributed by atoms with van der Waals surface area (Å²) in [6.07, 6.45) is 0.711. The Morgan fingerprint density at radius 2 is 1.85 bits per heavy atom. The van der Waals surface area contributed by atoms with Gasteiger partial charge in [0, 0.05) is 15.5 Å². The molecule has 0 aliphatic carbocycles. The first kappa shape index (κ1) is 18.9. The van der Waals surface area contributed by atoms with Crippen molar-refractivity contribution < 1.29 is 4.79 Å². The van der Waals surface area contributed by atoms with E-state index in [4.69, 9.17) is 11.6 Å². The summed E-state index contributed by atoms with van der Waals surface area (Å²) in [4.78, 5) is 13.6. The second-order valence-corrected chi connectivity index (χ2v) is 8.43. The minimum Gasteiger partial charge on any atom is -0.300 e. The predicted octanol–water partition coefficient (Wildman–Crippen LogP) is 5.68.